The highest BCUT2D eigenvalue weighted by atomic mass is 32.2. The van der Waals surface area contributed by atoms with E-state index < -0.39 is 9.84 Å². The van der Waals surface area contributed by atoms with E-state index in [2.05, 4.69) is 10.4 Å². The number of aromatic nitrogens is 1. The highest BCUT2D eigenvalue weighted by Crippen LogP contribution is 2.27. The van der Waals surface area contributed by atoms with Crippen molar-refractivity contribution in [2.45, 2.75) is 32.7 Å². The summed E-state index contributed by atoms with van der Waals surface area (Å²) >= 11 is 1.60. The van der Waals surface area contributed by atoms with Crippen LogP contribution >= 0.6 is 11.3 Å². The number of nitrogens with two attached hydrogens (primary N) is 1. The summed E-state index contributed by atoms with van der Waals surface area (Å²) < 4.78 is 22.1. The molecule has 0 aliphatic rings. The van der Waals surface area contributed by atoms with E-state index in [0.29, 0.717) is 12.8 Å². The first-order valence-electron chi connectivity index (χ1n) is 5.41. The zero-order chi connectivity index (χ0) is 13.1. The minimum Gasteiger partial charge on any atom is -0.271 e. The molecule has 0 saturated carbocycles. The van der Waals surface area contributed by atoms with Crippen molar-refractivity contribution in [3.8, 4) is 0 Å². The average molecular weight is 277 g/mol. The monoisotopic (exact) mass is 277 g/mol. The van der Waals surface area contributed by atoms with Crippen LogP contribution in [-0.4, -0.2) is 25.4 Å². The third-order valence-electron chi connectivity index (χ3n) is 2.47. The van der Waals surface area contributed by atoms with E-state index in [9.17, 15) is 8.42 Å². The summed E-state index contributed by atoms with van der Waals surface area (Å²) in [5.41, 5.74) is 3.70. The van der Waals surface area contributed by atoms with Crippen molar-refractivity contribution in [3.05, 3.63) is 15.6 Å². The maximum absolute atomic E-state index is 11.0. The molecule has 0 amide bonds. The van der Waals surface area contributed by atoms with Crippen LogP contribution < -0.4 is 11.3 Å². The molecule has 0 aliphatic heterocycles. The van der Waals surface area contributed by atoms with Crippen LogP contribution in [0.5, 0.6) is 0 Å². The van der Waals surface area contributed by atoms with Gasteiger partial charge in [-0.05, 0) is 26.7 Å². The molecule has 0 aliphatic carbocycles. The third-order valence-corrected chi connectivity index (χ3v) is 4.68. The number of thiazole rings is 1. The van der Waals surface area contributed by atoms with Gasteiger partial charge in [-0.1, -0.05) is 0 Å². The van der Waals surface area contributed by atoms with Crippen LogP contribution in [0.15, 0.2) is 0 Å². The summed E-state index contributed by atoms with van der Waals surface area (Å²) in [7, 11) is -2.90. The van der Waals surface area contributed by atoms with Crippen LogP contribution in [0.4, 0.5) is 0 Å². The van der Waals surface area contributed by atoms with Crippen LogP contribution in [0.3, 0.4) is 0 Å². The number of sulfone groups is 1. The van der Waals surface area contributed by atoms with E-state index in [1.54, 1.807) is 11.3 Å². The van der Waals surface area contributed by atoms with E-state index in [1.165, 1.54) is 6.26 Å². The number of nitrogens with zero attached hydrogens (tertiary/aromatic N) is 1. The van der Waals surface area contributed by atoms with Crippen LogP contribution in [0.1, 0.15) is 34.5 Å². The first kappa shape index (κ1) is 14.6. The molecular weight excluding hydrogens is 258 g/mol. The normalized spacial score (nSPS) is 13.9. The first-order valence-corrected chi connectivity index (χ1v) is 8.29. The summed E-state index contributed by atoms with van der Waals surface area (Å²) in [4.78, 5) is 5.44. The molecule has 1 rings (SSSR count). The number of hydrazine groups is 1. The second kappa shape index (κ2) is 5.90. The van der Waals surface area contributed by atoms with E-state index in [-0.39, 0.29) is 11.8 Å². The molecule has 0 spiro atoms. The number of aryl methyl sites for hydroxylation is 2. The van der Waals surface area contributed by atoms with Gasteiger partial charge in [-0.15, -0.1) is 11.3 Å². The predicted molar refractivity (Wildman–Crippen MR) is 70.6 cm³/mol. The van der Waals surface area contributed by atoms with Crippen LogP contribution in [0.25, 0.3) is 0 Å². The molecule has 98 valence electrons. The fourth-order valence-electron chi connectivity index (χ4n) is 1.71. The van der Waals surface area contributed by atoms with Gasteiger partial charge in [0.2, 0.25) is 0 Å². The zero-order valence-electron chi connectivity index (χ0n) is 10.4. The quantitative estimate of drug-likeness (QED) is 0.600. The van der Waals surface area contributed by atoms with Gasteiger partial charge in [0.25, 0.3) is 0 Å². The van der Waals surface area contributed by atoms with Crippen molar-refractivity contribution < 1.29 is 8.42 Å². The highest BCUT2D eigenvalue weighted by molar-refractivity contribution is 7.90. The Hall–Kier alpha value is -0.500. The Morgan fingerprint density at radius 2 is 2.12 bits per heavy atom. The van der Waals surface area contributed by atoms with Crippen molar-refractivity contribution in [2.75, 3.05) is 12.0 Å². The molecule has 0 fully saturated rings. The Balaban J connectivity index is 2.63. The van der Waals surface area contributed by atoms with E-state index in [4.69, 9.17) is 5.84 Å². The number of nitrogens with one attached hydrogen (secondary N) is 1. The molecule has 1 aromatic rings. The molecule has 3 N–H and O–H groups in total. The summed E-state index contributed by atoms with van der Waals surface area (Å²) in [6.07, 6.45) is 2.55. The smallest absolute Gasteiger partial charge is 0.147 e. The Morgan fingerprint density at radius 3 is 2.53 bits per heavy atom. The third kappa shape index (κ3) is 4.71. The van der Waals surface area contributed by atoms with Crippen LogP contribution in [0, 0.1) is 13.8 Å². The van der Waals surface area contributed by atoms with Crippen LogP contribution in [-0.2, 0) is 9.84 Å². The maximum Gasteiger partial charge on any atom is 0.147 e. The van der Waals surface area contributed by atoms with Crippen molar-refractivity contribution in [1.82, 2.24) is 10.4 Å². The van der Waals surface area contributed by atoms with Gasteiger partial charge in [-0.2, -0.15) is 0 Å². The molecule has 0 radical (unpaired) electrons. The lowest BCUT2D eigenvalue weighted by Crippen LogP contribution is -2.28. The molecule has 1 atom stereocenters. The highest BCUT2D eigenvalue weighted by Gasteiger charge is 2.16. The summed E-state index contributed by atoms with van der Waals surface area (Å²) in [6, 6.07) is -0.0112. The van der Waals surface area contributed by atoms with Crippen molar-refractivity contribution in [1.29, 1.82) is 0 Å². The lowest BCUT2D eigenvalue weighted by molar-refractivity contribution is 0.512. The average Bonchev–Trinajstić information content (AvgIpc) is 2.51. The summed E-state index contributed by atoms with van der Waals surface area (Å²) in [6.45, 7) is 3.89. The molecule has 0 aromatic carbocycles. The van der Waals surface area contributed by atoms with Gasteiger partial charge in [-0.25, -0.2) is 13.4 Å². The Bertz CT molecular complexity index is 468. The zero-order valence-corrected chi connectivity index (χ0v) is 12.0. The maximum atomic E-state index is 11.0. The fourth-order valence-corrected chi connectivity index (χ4v) is 3.42. The number of rotatable bonds is 6. The Morgan fingerprint density at radius 1 is 1.47 bits per heavy atom. The molecule has 0 saturated heterocycles. The molecule has 7 heteroatoms. The van der Waals surface area contributed by atoms with Gasteiger partial charge >= 0.3 is 0 Å². The summed E-state index contributed by atoms with van der Waals surface area (Å²) in [5, 5.41) is 1.00. The first-order chi connectivity index (χ1) is 7.83. The molecule has 0 bridgehead atoms. The van der Waals surface area contributed by atoms with E-state index in [1.807, 2.05) is 13.8 Å². The minimum absolute atomic E-state index is 0.0112. The fraction of sp³-hybridized carbons (Fsp3) is 0.700. The Kier molecular flexibility index (Phi) is 5.05. The van der Waals surface area contributed by atoms with Crippen LogP contribution in [0.2, 0.25) is 0 Å². The number of hydrogen-bond donors (Lipinski definition) is 2. The molecule has 1 heterocycles. The van der Waals surface area contributed by atoms with E-state index >= 15 is 0 Å². The Labute approximate surface area is 106 Å². The SMILES string of the molecule is Cc1nc(C)c(C(CCCS(C)(=O)=O)NN)s1. The van der Waals surface area contributed by atoms with Crippen molar-refractivity contribution >= 4 is 21.2 Å². The van der Waals surface area contributed by atoms with Crippen molar-refractivity contribution in [2.24, 2.45) is 5.84 Å². The largest absolute Gasteiger partial charge is 0.271 e. The molecular formula is C10H19N3O2S2. The predicted octanol–water partition coefficient (Wildman–Crippen LogP) is 1.09. The second-order valence-electron chi connectivity index (χ2n) is 4.17. The lowest BCUT2D eigenvalue weighted by atomic mass is 10.1. The standard InChI is InChI=1S/C10H19N3O2S2/c1-7-10(16-8(2)12-7)9(13-11)5-4-6-17(3,14)15/h9,13H,4-6,11H2,1-3H3. The molecule has 1 unspecified atom stereocenters. The molecule has 17 heavy (non-hydrogen) atoms. The topological polar surface area (TPSA) is 85.1 Å². The second-order valence-corrected chi connectivity index (χ2v) is 7.67. The molecule has 5 nitrogen and oxygen atoms in total. The lowest BCUT2D eigenvalue weighted by Gasteiger charge is -2.14. The van der Waals surface area contributed by atoms with Gasteiger partial charge in [0.15, 0.2) is 0 Å². The summed E-state index contributed by atoms with van der Waals surface area (Å²) in [5.74, 6) is 5.71. The van der Waals surface area contributed by atoms with Gasteiger partial charge in [0.1, 0.15) is 9.84 Å². The van der Waals surface area contributed by atoms with Gasteiger partial charge in [0, 0.05) is 16.9 Å². The number of hydrogen-bond acceptors (Lipinski definition) is 6. The molecule has 1 aromatic heterocycles. The van der Waals surface area contributed by atoms with Crippen molar-refractivity contribution in [3.63, 3.8) is 0 Å². The van der Waals surface area contributed by atoms with Gasteiger partial charge < -0.3 is 0 Å². The van der Waals surface area contributed by atoms with Gasteiger partial charge in [0.05, 0.1) is 16.7 Å². The van der Waals surface area contributed by atoms with E-state index in [0.717, 1.165) is 15.6 Å². The minimum atomic E-state index is -2.90. The van der Waals surface area contributed by atoms with Gasteiger partial charge in [-0.3, -0.25) is 11.3 Å².